The second-order valence-corrected chi connectivity index (χ2v) is 13.2. The number of methoxy groups -OCH3 is 2. The molecule has 0 saturated heterocycles. The molecule has 0 N–H and O–H groups in total. The average molecular weight is 543 g/mol. The number of hydrogen-bond acceptors (Lipinski definition) is 6. The highest BCUT2D eigenvalue weighted by Gasteiger charge is 2.38. The number of ether oxygens (including phenoxy) is 2. The maximum absolute atomic E-state index is 13.8. The Labute approximate surface area is 218 Å². The third kappa shape index (κ3) is 5.51. The van der Waals surface area contributed by atoms with Crippen LogP contribution in [0.4, 0.5) is 0 Å². The first-order valence-corrected chi connectivity index (χ1v) is 14.5. The van der Waals surface area contributed by atoms with Gasteiger partial charge in [-0.1, -0.05) is 48.6 Å². The third-order valence-electron chi connectivity index (χ3n) is 6.40. The van der Waals surface area contributed by atoms with Crippen LogP contribution < -0.4 is 9.47 Å². The fourth-order valence-corrected chi connectivity index (χ4v) is 7.04. The summed E-state index contributed by atoms with van der Waals surface area (Å²) in [4.78, 5) is -0.1000. The highest BCUT2D eigenvalue weighted by molar-refractivity contribution is 7.91. The van der Waals surface area contributed by atoms with Crippen molar-refractivity contribution >= 4 is 20.0 Å². The van der Waals surface area contributed by atoms with Crippen molar-refractivity contribution in [3.63, 3.8) is 0 Å². The fraction of sp³-hybridized carbons (Fsp3) is 0.259. The van der Waals surface area contributed by atoms with Crippen molar-refractivity contribution in [2.24, 2.45) is 0 Å². The second-order valence-electron chi connectivity index (χ2n) is 8.96. The van der Waals surface area contributed by atoms with Crippen LogP contribution >= 0.6 is 0 Å². The van der Waals surface area contributed by atoms with E-state index >= 15 is 0 Å². The minimum Gasteiger partial charge on any atom is -0.497 e. The Balaban J connectivity index is 1.68. The van der Waals surface area contributed by atoms with E-state index in [9.17, 15) is 16.8 Å². The molecule has 0 bridgehead atoms. The highest BCUT2D eigenvalue weighted by Crippen LogP contribution is 2.30. The Morgan fingerprint density at radius 3 is 1.84 bits per heavy atom. The van der Waals surface area contributed by atoms with Crippen LogP contribution in [-0.4, -0.2) is 44.1 Å². The molecule has 0 spiro atoms. The van der Waals surface area contributed by atoms with Gasteiger partial charge in [0, 0.05) is 25.5 Å². The van der Waals surface area contributed by atoms with Crippen LogP contribution in [0.3, 0.4) is 0 Å². The first-order chi connectivity index (χ1) is 17.6. The summed E-state index contributed by atoms with van der Waals surface area (Å²) in [5, 5.41) is 0. The van der Waals surface area contributed by atoms with Crippen LogP contribution in [0.2, 0.25) is 0 Å². The molecule has 1 unspecified atom stereocenters. The number of benzene rings is 2. The molecule has 3 aromatic rings. The van der Waals surface area contributed by atoms with E-state index in [-0.39, 0.29) is 18.0 Å². The molecule has 0 radical (unpaired) electrons. The Morgan fingerprint density at radius 2 is 1.38 bits per heavy atom. The zero-order chi connectivity index (χ0) is 26.7. The summed E-state index contributed by atoms with van der Waals surface area (Å²) in [5.41, 5.74) is 1.52. The van der Waals surface area contributed by atoms with Crippen molar-refractivity contribution in [2.75, 3.05) is 14.2 Å². The van der Waals surface area contributed by atoms with Gasteiger partial charge in [0.15, 0.2) is 0 Å². The molecule has 196 valence electrons. The number of aromatic nitrogens is 1. The first kappa shape index (κ1) is 26.7. The van der Waals surface area contributed by atoms with Gasteiger partial charge in [-0.2, -0.15) is 4.31 Å². The van der Waals surface area contributed by atoms with Crippen molar-refractivity contribution in [3.8, 4) is 11.5 Å². The predicted octanol–water partition coefficient (Wildman–Crippen LogP) is 4.35. The van der Waals surface area contributed by atoms with Crippen molar-refractivity contribution in [3.05, 3.63) is 102 Å². The maximum Gasteiger partial charge on any atom is 0.247 e. The first-order valence-electron chi connectivity index (χ1n) is 11.6. The lowest BCUT2D eigenvalue weighted by atomic mass is 10.0. The van der Waals surface area contributed by atoms with Crippen LogP contribution in [0.5, 0.6) is 11.5 Å². The molecule has 37 heavy (non-hydrogen) atoms. The van der Waals surface area contributed by atoms with E-state index in [1.54, 1.807) is 94.0 Å². The van der Waals surface area contributed by atoms with Gasteiger partial charge in [-0.25, -0.2) is 16.8 Å². The zero-order valence-corrected chi connectivity index (χ0v) is 22.6. The van der Waals surface area contributed by atoms with E-state index < -0.39 is 24.8 Å². The minimum atomic E-state index is -4.07. The summed E-state index contributed by atoms with van der Waals surface area (Å²) in [5.74, 6) is 1.33. The van der Waals surface area contributed by atoms with E-state index in [4.69, 9.17) is 9.47 Å². The smallest absolute Gasteiger partial charge is 0.247 e. The van der Waals surface area contributed by atoms with Crippen molar-refractivity contribution in [1.82, 2.24) is 8.28 Å². The molecule has 0 amide bonds. The largest absolute Gasteiger partial charge is 0.497 e. The SMILES string of the molecule is COc1ccc(CN(Cc2ccc(OC)cc2)S(=O)(=O)c2ccn(S(=O)(=O)C3(C)C=CC=CC3)c2)cc1. The molecule has 0 aliphatic heterocycles. The Bertz CT molecular complexity index is 1460. The van der Waals surface area contributed by atoms with Gasteiger partial charge >= 0.3 is 0 Å². The molecule has 2 aromatic carbocycles. The standard InChI is InChI=1S/C27H30N2O6S2/c1-27(16-5-4-6-17-27)37(32,33)28-18-15-26(21-28)36(30,31)29(19-22-7-11-24(34-2)12-8-22)20-23-9-13-25(35-3)14-10-23/h4-16,18,21H,17,19-20H2,1-3H3. The lowest BCUT2D eigenvalue weighted by Gasteiger charge is -2.26. The van der Waals surface area contributed by atoms with Gasteiger partial charge in [0.25, 0.3) is 0 Å². The molecule has 1 atom stereocenters. The van der Waals surface area contributed by atoms with Gasteiger partial charge in [0.1, 0.15) is 21.1 Å². The fourth-order valence-electron chi connectivity index (χ4n) is 4.04. The predicted molar refractivity (Wildman–Crippen MR) is 142 cm³/mol. The van der Waals surface area contributed by atoms with E-state index in [2.05, 4.69) is 0 Å². The second kappa shape index (κ2) is 10.6. The molecule has 1 aliphatic carbocycles. The van der Waals surface area contributed by atoms with Crippen LogP contribution in [0.15, 0.2) is 96.2 Å². The van der Waals surface area contributed by atoms with Gasteiger partial charge in [-0.3, -0.25) is 3.97 Å². The van der Waals surface area contributed by atoms with Crippen LogP contribution in [0.1, 0.15) is 24.5 Å². The lowest BCUT2D eigenvalue weighted by molar-refractivity contribution is 0.397. The number of hydrogen-bond donors (Lipinski definition) is 0. The Kier molecular flexibility index (Phi) is 7.63. The summed E-state index contributed by atoms with van der Waals surface area (Å²) < 4.78 is 66.0. The number of sulfonamides is 1. The van der Waals surface area contributed by atoms with Crippen LogP contribution in [0, 0.1) is 0 Å². The molecule has 1 aliphatic rings. The maximum atomic E-state index is 13.8. The van der Waals surface area contributed by atoms with E-state index in [1.165, 1.54) is 22.8 Å². The monoisotopic (exact) mass is 542 g/mol. The van der Waals surface area contributed by atoms with Crippen molar-refractivity contribution < 1.29 is 26.3 Å². The topological polar surface area (TPSA) is 94.9 Å². The van der Waals surface area contributed by atoms with Crippen molar-refractivity contribution in [2.45, 2.75) is 36.1 Å². The summed E-state index contributed by atoms with van der Waals surface area (Å²) >= 11 is 0. The molecule has 0 saturated carbocycles. The lowest BCUT2D eigenvalue weighted by Crippen LogP contribution is -2.37. The molecule has 8 nitrogen and oxygen atoms in total. The average Bonchev–Trinajstić information content (AvgIpc) is 3.42. The minimum absolute atomic E-state index is 0.0849. The summed E-state index contributed by atoms with van der Waals surface area (Å²) in [6.45, 7) is 1.79. The summed E-state index contributed by atoms with van der Waals surface area (Å²) in [7, 11) is -4.83. The Morgan fingerprint density at radius 1 is 0.838 bits per heavy atom. The summed E-state index contributed by atoms with van der Waals surface area (Å²) in [6.07, 6.45) is 9.65. The quantitative estimate of drug-likeness (QED) is 0.378. The molecule has 4 rings (SSSR count). The molecule has 0 fully saturated rings. The van der Waals surface area contributed by atoms with Crippen LogP contribution in [-0.2, 0) is 33.1 Å². The molecular weight excluding hydrogens is 512 g/mol. The van der Waals surface area contributed by atoms with Crippen LogP contribution in [0.25, 0.3) is 0 Å². The van der Waals surface area contributed by atoms with E-state index in [1.807, 2.05) is 0 Å². The third-order valence-corrected chi connectivity index (χ3v) is 10.4. The number of rotatable bonds is 10. The summed E-state index contributed by atoms with van der Waals surface area (Å²) in [6, 6.07) is 15.6. The van der Waals surface area contributed by atoms with Gasteiger partial charge in [-0.05, 0) is 54.8 Å². The Hall–Kier alpha value is -3.34. The van der Waals surface area contributed by atoms with Crippen molar-refractivity contribution in [1.29, 1.82) is 0 Å². The zero-order valence-electron chi connectivity index (χ0n) is 20.9. The molecule has 1 heterocycles. The van der Waals surface area contributed by atoms with E-state index in [0.29, 0.717) is 17.9 Å². The van der Waals surface area contributed by atoms with Gasteiger partial charge in [-0.15, -0.1) is 0 Å². The van der Waals surface area contributed by atoms with Gasteiger partial charge in [0.2, 0.25) is 20.0 Å². The van der Waals surface area contributed by atoms with Gasteiger partial charge < -0.3 is 9.47 Å². The number of nitrogens with zero attached hydrogens (tertiary/aromatic N) is 2. The number of allylic oxidation sites excluding steroid dienone is 3. The van der Waals surface area contributed by atoms with E-state index in [0.717, 1.165) is 15.1 Å². The molecule has 1 aromatic heterocycles. The normalized spacial score (nSPS) is 17.7. The molecule has 10 heteroatoms. The van der Waals surface area contributed by atoms with Gasteiger partial charge in [0.05, 0.1) is 14.2 Å². The molecular formula is C27H30N2O6S2. The highest BCUT2D eigenvalue weighted by atomic mass is 32.2.